The van der Waals surface area contributed by atoms with Gasteiger partial charge in [-0.2, -0.15) is 5.10 Å². The Bertz CT molecular complexity index is 1370. The molecule has 2 saturated carbocycles. The molecule has 3 saturated heterocycles. The second-order valence-electron chi connectivity index (χ2n) is 11.7. The van der Waals surface area contributed by atoms with Crippen LogP contribution in [-0.4, -0.2) is 68.9 Å². The fraction of sp³-hybridized carbons (Fsp3) is 0.556. The summed E-state index contributed by atoms with van der Waals surface area (Å²) in [6, 6.07) is 7.53. The number of piperidine rings is 1. The minimum Gasteiger partial charge on any atom is -0.378 e. The molecule has 9 nitrogen and oxygen atoms in total. The fourth-order valence-electron chi connectivity index (χ4n) is 7.16. The summed E-state index contributed by atoms with van der Waals surface area (Å²) in [5.74, 6) is 1.03. The van der Waals surface area contributed by atoms with Crippen molar-refractivity contribution < 1.29 is 9.53 Å². The molecular formula is C27H31N7O2. The molecule has 5 fully saturated rings. The number of rotatable bonds is 5. The van der Waals surface area contributed by atoms with Crippen LogP contribution in [0.4, 0.5) is 17.3 Å². The number of hydrogen-bond donors (Lipinski definition) is 1. The van der Waals surface area contributed by atoms with E-state index in [1.54, 1.807) is 0 Å². The van der Waals surface area contributed by atoms with Crippen molar-refractivity contribution in [2.24, 2.45) is 11.3 Å². The molecule has 5 heterocycles. The second kappa shape index (κ2) is 7.49. The first kappa shape index (κ1) is 21.1. The van der Waals surface area contributed by atoms with E-state index in [-0.39, 0.29) is 11.8 Å². The normalized spacial score (nSPS) is 27.5. The maximum absolute atomic E-state index is 12.7. The first-order valence-corrected chi connectivity index (χ1v) is 13.3. The highest BCUT2D eigenvalue weighted by Gasteiger charge is 2.55. The monoisotopic (exact) mass is 485 g/mol. The molecule has 2 bridgehead atoms. The minimum absolute atomic E-state index is 0.207. The van der Waals surface area contributed by atoms with Gasteiger partial charge in [0.2, 0.25) is 11.9 Å². The van der Waals surface area contributed by atoms with E-state index in [9.17, 15) is 4.79 Å². The summed E-state index contributed by atoms with van der Waals surface area (Å²) in [7, 11) is 0. The SMILES string of the molecule is Cc1nn(C2CC3(C2)CN(C2COC2)C3)cc1Nc1ncc2ccc(N3C(=O)C4CCC3C4)cc2n1. The molecule has 3 aromatic rings. The van der Waals surface area contributed by atoms with Crippen LogP contribution in [0.25, 0.3) is 10.9 Å². The van der Waals surface area contributed by atoms with Crippen molar-refractivity contribution in [3.8, 4) is 0 Å². The molecule has 1 aromatic carbocycles. The highest BCUT2D eigenvalue weighted by atomic mass is 16.5. The van der Waals surface area contributed by atoms with Gasteiger partial charge in [-0.1, -0.05) is 0 Å². The summed E-state index contributed by atoms with van der Waals surface area (Å²) in [6.07, 6.45) is 9.47. The summed E-state index contributed by atoms with van der Waals surface area (Å²) in [6.45, 7) is 6.26. The predicted octanol–water partition coefficient (Wildman–Crippen LogP) is 3.43. The summed E-state index contributed by atoms with van der Waals surface area (Å²) in [5, 5.41) is 9.17. The van der Waals surface area contributed by atoms with E-state index in [0.717, 1.165) is 60.4 Å². The van der Waals surface area contributed by atoms with Crippen LogP contribution in [-0.2, 0) is 9.53 Å². The highest BCUT2D eigenvalue weighted by Crippen LogP contribution is 2.55. The number of benzene rings is 1. The maximum atomic E-state index is 12.7. The van der Waals surface area contributed by atoms with Crippen LogP contribution in [0.2, 0.25) is 0 Å². The molecule has 186 valence electrons. The number of carbonyl (C=O) groups excluding carboxylic acids is 1. The Morgan fingerprint density at radius 1 is 1.11 bits per heavy atom. The van der Waals surface area contributed by atoms with Crippen LogP contribution in [0.3, 0.4) is 0 Å². The van der Waals surface area contributed by atoms with Gasteiger partial charge in [0.05, 0.1) is 42.2 Å². The predicted molar refractivity (Wildman–Crippen MR) is 135 cm³/mol. The molecule has 1 amide bonds. The average molecular weight is 486 g/mol. The number of ether oxygens (including phenoxy) is 1. The Morgan fingerprint density at radius 2 is 1.97 bits per heavy atom. The van der Waals surface area contributed by atoms with Gasteiger partial charge in [-0.05, 0) is 62.6 Å². The molecule has 8 rings (SSSR count). The summed E-state index contributed by atoms with van der Waals surface area (Å²) in [5.41, 5.74) is 4.18. The summed E-state index contributed by atoms with van der Waals surface area (Å²) in [4.78, 5) is 26.6. The fourth-order valence-corrected chi connectivity index (χ4v) is 7.16. The van der Waals surface area contributed by atoms with Gasteiger partial charge < -0.3 is 15.0 Å². The van der Waals surface area contributed by atoms with Crippen LogP contribution >= 0.6 is 0 Å². The summed E-state index contributed by atoms with van der Waals surface area (Å²) < 4.78 is 7.48. The molecule has 36 heavy (non-hydrogen) atoms. The van der Waals surface area contributed by atoms with Crippen molar-refractivity contribution in [1.29, 1.82) is 0 Å². The van der Waals surface area contributed by atoms with Crippen molar-refractivity contribution in [2.45, 2.75) is 57.2 Å². The van der Waals surface area contributed by atoms with E-state index < -0.39 is 0 Å². The van der Waals surface area contributed by atoms with Crippen molar-refractivity contribution in [1.82, 2.24) is 24.6 Å². The number of nitrogens with one attached hydrogen (secondary N) is 1. The highest BCUT2D eigenvalue weighted by molar-refractivity contribution is 6.00. The van der Waals surface area contributed by atoms with Gasteiger partial charge in [0, 0.05) is 48.5 Å². The lowest BCUT2D eigenvalue weighted by molar-refractivity contribution is -0.165. The third-order valence-electron chi connectivity index (χ3n) is 9.29. The molecule has 5 aliphatic rings. The number of fused-ring (bicyclic) bond motifs is 3. The molecule has 1 N–H and O–H groups in total. The lowest BCUT2D eigenvalue weighted by Gasteiger charge is -2.61. The van der Waals surface area contributed by atoms with Crippen LogP contribution < -0.4 is 10.2 Å². The van der Waals surface area contributed by atoms with Crippen LogP contribution in [0, 0.1) is 18.3 Å². The van der Waals surface area contributed by atoms with Gasteiger partial charge in [0.25, 0.3) is 0 Å². The quantitative estimate of drug-likeness (QED) is 0.592. The van der Waals surface area contributed by atoms with Gasteiger partial charge in [-0.15, -0.1) is 0 Å². The van der Waals surface area contributed by atoms with Crippen molar-refractivity contribution >= 4 is 34.1 Å². The van der Waals surface area contributed by atoms with E-state index in [1.165, 1.54) is 25.9 Å². The Hall–Kier alpha value is -3.04. The van der Waals surface area contributed by atoms with E-state index in [1.807, 2.05) is 36.2 Å². The molecule has 1 spiro atoms. The van der Waals surface area contributed by atoms with Crippen molar-refractivity contribution in [3.05, 3.63) is 36.3 Å². The molecular weight excluding hydrogens is 454 g/mol. The van der Waals surface area contributed by atoms with E-state index in [2.05, 4.69) is 26.1 Å². The number of amides is 1. The topological polar surface area (TPSA) is 88.4 Å². The number of aryl methyl sites for hydroxylation is 1. The molecule has 3 aliphatic heterocycles. The van der Waals surface area contributed by atoms with Gasteiger partial charge in [0.15, 0.2) is 0 Å². The Kier molecular flexibility index (Phi) is 4.39. The number of aromatic nitrogens is 4. The lowest BCUT2D eigenvalue weighted by Crippen LogP contribution is -2.68. The van der Waals surface area contributed by atoms with Gasteiger partial charge in [-0.3, -0.25) is 14.4 Å². The molecule has 2 aromatic heterocycles. The number of anilines is 3. The van der Waals surface area contributed by atoms with E-state index in [0.29, 0.717) is 29.5 Å². The Morgan fingerprint density at radius 3 is 2.72 bits per heavy atom. The minimum atomic E-state index is 0.207. The Balaban J connectivity index is 0.974. The summed E-state index contributed by atoms with van der Waals surface area (Å²) >= 11 is 0. The standard InChI is InChI=1S/C27H31N7O2/c1-16-24(11-33(31-16)21-8-27(9-21)14-32(15-27)22-12-36-13-22)30-26-28-10-18-3-5-20(7-23(18)29-26)34-19-4-2-17(6-19)25(34)35/h3,5,7,10-11,17,19,21-22H,2,4,6,8-9,12-15H2,1H3,(H,28,29,30). The number of carbonyl (C=O) groups is 1. The van der Waals surface area contributed by atoms with E-state index in [4.69, 9.17) is 14.8 Å². The molecule has 2 unspecified atom stereocenters. The largest absolute Gasteiger partial charge is 0.378 e. The van der Waals surface area contributed by atoms with Crippen LogP contribution in [0.5, 0.6) is 0 Å². The van der Waals surface area contributed by atoms with Crippen LogP contribution in [0.15, 0.2) is 30.6 Å². The number of nitrogens with zero attached hydrogens (tertiary/aromatic N) is 6. The molecule has 2 atom stereocenters. The zero-order valence-corrected chi connectivity index (χ0v) is 20.6. The first-order chi connectivity index (χ1) is 17.5. The lowest BCUT2D eigenvalue weighted by atomic mass is 9.60. The van der Waals surface area contributed by atoms with Crippen molar-refractivity contribution in [3.63, 3.8) is 0 Å². The van der Waals surface area contributed by atoms with Gasteiger partial charge in [-0.25, -0.2) is 9.97 Å². The average Bonchev–Trinajstić information content (AvgIpc) is 3.48. The smallest absolute Gasteiger partial charge is 0.230 e. The van der Waals surface area contributed by atoms with Crippen molar-refractivity contribution in [2.75, 3.05) is 36.5 Å². The van der Waals surface area contributed by atoms with Gasteiger partial charge in [0.1, 0.15) is 0 Å². The van der Waals surface area contributed by atoms with Crippen LogP contribution in [0.1, 0.15) is 43.8 Å². The zero-order chi connectivity index (χ0) is 24.0. The van der Waals surface area contributed by atoms with Gasteiger partial charge >= 0.3 is 0 Å². The second-order valence-corrected chi connectivity index (χ2v) is 11.7. The van der Waals surface area contributed by atoms with E-state index >= 15 is 0 Å². The third-order valence-corrected chi connectivity index (χ3v) is 9.29. The first-order valence-electron chi connectivity index (χ1n) is 13.3. The zero-order valence-electron chi connectivity index (χ0n) is 20.6. The number of likely N-dealkylation sites (tertiary alicyclic amines) is 1. The third kappa shape index (κ3) is 3.15. The molecule has 2 aliphatic carbocycles. The maximum Gasteiger partial charge on any atom is 0.230 e. The Labute approximate surface area is 209 Å². The molecule has 0 radical (unpaired) electrons. The molecule has 9 heteroatoms. The number of hydrogen-bond acceptors (Lipinski definition) is 7.